The lowest BCUT2D eigenvalue weighted by Gasteiger charge is -2.21. The molecule has 31 heavy (non-hydrogen) atoms. The van der Waals surface area contributed by atoms with E-state index in [2.05, 4.69) is 32.9 Å². The summed E-state index contributed by atoms with van der Waals surface area (Å²) in [4.78, 5) is 11.2. The second-order valence-electron chi connectivity index (χ2n) is 8.53. The van der Waals surface area contributed by atoms with Gasteiger partial charge in [0.25, 0.3) is 0 Å². The van der Waals surface area contributed by atoms with E-state index in [1.807, 2.05) is 13.0 Å². The van der Waals surface area contributed by atoms with Crippen molar-refractivity contribution in [2.24, 2.45) is 5.73 Å². The van der Waals surface area contributed by atoms with Gasteiger partial charge < -0.3 is 10.8 Å². The van der Waals surface area contributed by atoms with Crippen molar-refractivity contribution in [3.05, 3.63) is 57.9 Å². The molecule has 0 heterocycles. The summed E-state index contributed by atoms with van der Waals surface area (Å²) in [6.07, 6.45) is 7.26. The van der Waals surface area contributed by atoms with E-state index in [-0.39, 0.29) is 12.2 Å². The van der Waals surface area contributed by atoms with E-state index >= 15 is 4.39 Å². The van der Waals surface area contributed by atoms with Crippen LogP contribution in [0.4, 0.5) is 4.39 Å². The van der Waals surface area contributed by atoms with Crippen molar-refractivity contribution in [2.45, 2.75) is 91.5 Å². The van der Waals surface area contributed by atoms with Gasteiger partial charge in [-0.15, -0.1) is 0 Å². The third-order valence-corrected chi connectivity index (χ3v) is 5.72. The van der Waals surface area contributed by atoms with Crippen LogP contribution in [0.1, 0.15) is 93.7 Å². The number of rotatable bonds is 12. The zero-order chi connectivity index (χ0) is 23.0. The largest absolute Gasteiger partial charge is 0.481 e. The molecule has 4 heteroatoms. The molecule has 3 nitrogen and oxygen atoms in total. The molecule has 0 unspecified atom stereocenters. The highest BCUT2D eigenvalue weighted by molar-refractivity contribution is 5.74. The van der Waals surface area contributed by atoms with Gasteiger partial charge in [-0.25, -0.2) is 4.39 Å². The fourth-order valence-corrected chi connectivity index (χ4v) is 4.45. The molecule has 0 amide bonds. The lowest BCUT2D eigenvalue weighted by molar-refractivity contribution is -0.137. The van der Waals surface area contributed by atoms with Gasteiger partial charge in [-0.1, -0.05) is 65.5 Å². The van der Waals surface area contributed by atoms with Crippen molar-refractivity contribution in [1.29, 1.82) is 0 Å². The molecule has 0 aromatic heterocycles. The molecular formula is C27H38FNO2. The van der Waals surface area contributed by atoms with Crippen molar-refractivity contribution < 1.29 is 14.3 Å². The quantitative estimate of drug-likeness (QED) is 0.392. The summed E-state index contributed by atoms with van der Waals surface area (Å²) in [6.45, 7) is 8.57. The first-order chi connectivity index (χ1) is 14.9. The molecule has 0 bridgehead atoms. The van der Waals surface area contributed by atoms with Crippen molar-refractivity contribution in [2.75, 3.05) is 0 Å². The summed E-state index contributed by atoms with van der Waals surface area (Å²) in [5.74, 6) is -1.37. The third kappa shape index (κ3) is 6.39. The lowest BCUT2D eigenvalue weighted by Crippen LogP contribution is -2.17. The molecular weight excluding hydrogens is 389 g/mol. The number of hydrogen-bond donors (Lipinski definition) is 2. The van der Waals surface area contributed by atoms with Crippen LogP contribution in [0.15, 0.2) is 24.3 Å². The normalized spacial score (nSPS) is 12.2. The molecule has 0 saturated carbocycles. The van der Waals surface area contributed by atoms with Gasteiger partial charge in [0.2, 0.25) is 0 Å². The molecule has 0 saturated heterocycles. The van der Waals surface area contributed by atoms with Gasteiger partial charge in [-0.2, -0.15) is 0 Å². The van der Waals surface area contributed by atoms with Crippen LogP contribution in [0, 0.1) is 5.82 Å². The predicted octanol–water partition coefficient (Wildman–Crippen LogP) is 6.78. The Balaban J connectivity index is 2.77. The van der Waals surface area contributed by atoms with Gasteiger partial charge in [0, 0.05) is 11.6 Å². The minimum Gasteiger partial charge on any atom is -0.481 e. The SMILES string of the molecule is CCCc1cc(CCC)c(-c2cc(CCC)c(F)c([C@@H](N)CC(=O)O)c2)c(CCC)c1. The minimum atomic E-state index is -1.02. The maximum Gasteiger partial charge on any atom is 0.305 e. The molecule has 0 aliphatic rings. The first-order valence-corrected chi connectivity index (χ1v) is 11.8. The van der Waals surface area contributed by atoms with Gasteiger partial charge in [-0.05, 0) is 71.2 Å². The highest BCUT2D eigenvalue weighted by Crippen LogP contribution is 2.36. The smallest absolute Gasteiger partial charge is 0.305 e. The predicted molar refractivity (Wildman–Crippen MR) is 127 cm³/mol. The fourth-order valence-electron chi connectivity index (χ4n) is 4.45. The van der Waals surface area contributed by atoms with E-state index in [1.165, 1.54) is 22.3 Å². The van der Waals surface area contributed by atoms with Crippen molar-refractivity contribution >= 4 is 5.97 Å². The summed E-state index contributed by atoms with van der Waals surface area (Å²) in [6, 6.07) is 7.51. The molecule has 0 radical (unpaired) electrons. The van der Waals surface area contributed by atoms with E-state index < -0.39 is 12.0 Å². The number of aliphatic carboxylic acids is 1. The Hall–Kier alpha value is -2.20. The van der Waals surface area contributed by atoms with Crippen molar-refractivity contribution in [3.63, 3.8) is 0 Å². The van der Waals surface area contributed by atoms with Gasteiger partial charge in [0.05, 0.1) is 6.42 Å². The van der Waals surface area contributed by atoms with Gasteiger partial charge in [-0.3, -0.25) is 4.79 Å². The Kier molecular flexibility index (Phi) is 9.70. The molecule has 0 spiro atoms. The number of aryl methyl sites for hydroxylation is 4. The third-order valence-electron chi connectivity index (χ3n) is 5.72. The van der Waals surface area contributed by atoms with Crippen LogP contribution in [-0.2, 0) is 30.5 Å². The second kappa shape index (κ2) is 12.0. The first kappa shape index (κ1) is 25.1. The minimum absolute atomic E-state index is 0.287. The van der Waals surface area contributed by atoms with E-state index in [0.29, 0.717) is 17.5 Å². The Morgan fingerprint density at radius 2 is 1.39 bits per heavy atom. The van der Waals surface area contributed by atoms with E-state index in [0.717, 1.165) is 50.5 Å². The number of halogens is 1. The highest BCUT2D eigenvalue weighted by atomic mass is 19.1. The molecule has 1 atom stereocenters. The zero-order valence-electron chi connectivity index (χ0n) is 19.6. The van der Waals surface area contributed by atoms with Crippen LogP contribution < -0.4 is 5.73 Å². The number of carboxylic acids is 1. The number of hydrogen-bond acceptors (Lipinski definition) is 2. The molecule has 3 N–H and O–H groups in total. The molecule has 0 fully saturated rings. The number of nitrogens with two attached hydrogens (primary N) is 1. The number of benzene rings is 2. The average Bonchev–Trinajstić information content (AvgIpc) is 2.70. The van der Waals surface area contributed by atoms with Crippen LogP contribution in [0.3, 0.4) is 0 Å². The number of carbonyl (C=O) groups is 1. The molecule has 2 rings (SSSR count). The van der Waals surface area contributed by atoms with Crippen molar-refractivity contribution in [3.8, 4) is 11.1 Å². The lowest BCUT2D eigenvalue weighted by atomic mass is 9.85. The molecule has 170 valence electrons. The summed E-state index contributed by atoms with van der Waals surface area (Å²) in [7, 11) is 0. The average molecular weight is 428 g/mol. The Bertz CT molecular complexity index is 864. The molecule has 2 aromatic rings. The Morgan fingerprint density at radius 1 is 0.871 bits per heavy atom. The van der Waals surface area contributed by atoms with Crippen LogP contribution >= 0.6 is 0 Å². The Labute approximate surface area is 186 Å². The summed E-state index contributed by atoms with van der Waals surface area (Å²) < 4.78 is 15.2. The van der Waals surface area contributed by atoms with Crippen LogP contribution in [0.2, 0.25) is 0 Å². The van der Waals surface area contributed by atoms with Crippen molar-refractivity contribution in [1.82, 2.24) is 0 Å². The summed E-state index contributed by atoms with van der Waals surface area (Å²) >= 11 is 0. The van der Waals surface area contributed by atoms with Gasteiger partial charge in [0.1, 0.15) is 5.82 Å². The van der Waals surface area contributed by atoms with Gasteiger partial charge >= 0.3 is 5.97 Å². The molecule has 0 aliphatic carbocycles. The number of carboxylic acid groups (broad SMARTS) is 1. The Morgan fingerprint density at radius 3 is 1.87 bits per heavy atom. The molecule has 2 aromatic carbocycles. The summed E-state index contributed by atoms with van der Waals surface area (Å²) in [5, 5.41) is 9.20. The van der Waals surface area contributed by atoms with E-state index in [1.54, 1.807) is 6.07 Å². The zero-order valence-corrected chi connectivity index (χ0v) is 19.6. The van der Waals surface area contributed by atoms with Crippen LogP contribution in [0.5, 0.6) is 0 Å². The van der Waals surface area contributed by atoms with Crippen LogP contribution in [0.25, 0.3) is 11.1 Å². The molecule has 0 aliphatic heterocycles. The fraction of sp³-hybridized carbons (Fsp3) is 0.519. The second-order valence-corrected chi connectivity index (χ2v) is 8.53. The maximum absolute atomic E-state index is 15.2. The van der Waals surface area contributed by atoms with E-state index in [9.17, 15) is 9.90 Å². The van der Waals surface area contributed by atoms with E-state index in [4.69, 9.17) is 5.73 Å². The standard InChI is InChI=1S/C27H38FNO2/c1-5-9-18-13-19(10-6-2)26(20(14-18)11-7-3)22-15-21(12-8-4)27(28)23(16-22)24(29)17-25(30)31/h13-16,24H,5-12,17,29H2,1-4H3,(H,30,31)/t24-/m0/s1. The maximum atomic E-state index is 15.2. The topological polar surface area (TPSA) is 63.3 Å². The first-order valence-electron chi connectivity index (χ1n) is 11.8. The van der Waals surface area contributed by atoms with Gasteiger partial charge in [0.15, 0.2) is 0 Å². The monoisotopic (exact) mass is 427 g/mol. The summed E-state index contributed by atoms with van der Waals surface area (Å²) in [5.41, 5.74) is 13.2. The van der Waals surface area contributed by atoms with Crippen LogP contribution in [-0.4, -0.2) is 11.1 Å². The highest BCUT2D eigenvalue weighted by Gasteiger charge is 2.21.